The summed E-state index contributed by atoms with van der Waals surface area (Å²) < 4.78 is 0.986. The van der Waals surface area contributed by atoms with E-state index >= 15 is 0 Å². The SMILES string of the molecule is CCN(CC(=O)NCc1cccs1)C(=O)CSc1cccc(Br)c1. The van der Waals surface area contributed by atoms with Crippen LogP contribution >= 0.6 is 39.0 Å². The van der Waals surface area contributed by atoms with E-state index in [0.29, 0.717) is 18.8 Å². The van der Waals surface area contributed by atoms with E-state index in [1.165, 1.54) is 11.8 Å². The molecule has 0 fully saturated rings. The van der Waals surface area contributed by atoms with Crippen LogP contribution < -0.4 is 5.32 Å². The third kappa shape index (κ3) is 6.30. The minimum absolute atomic E-state index is 0.0336. The topological polar surface area (TPSA) is 49.4 Å². The molecule has 24 heavy (non-hydrogen) atoms. The van der Waals surface area contributed by atoms with Crippen molar-refractivity contribution in [3.8, 4) is 0 Å². The molecule has 2 amide bonds. The maximum atomic E-state index is 12.3. The Morgan fingerprint density at radius 3 is 2.79 bits per heavy atom. The fourth-order valence-electron chi connectivity index (χ4n) is 2.00. The summed E-state index contributed by atoms with van der Waals surface area (Å²) in [5, 5.41) is 4.83. The number of rotatable bonds is 8. The highest BCUT2D eigenvalue weighted by Crippen LogP contribution is 2.22. The molecule has 1 aromatic carbocycles. The molecule has 0 saturated carbocycles. The molecule has 0 aliphatic rings. The van der Waals surface area contributed by atoms with E-state index in [1.54, 1.807) is 16.2 Å². The van der Waals surface area contributed by atoms with Crippen molar-refractivity contribution in [1.82, 2.24) is 10.2 Å². The predicted octanol–water partition coefficient (Wildman–Crippen LogP) is 3.77. The summed E-state index contributed by atoms with van der Waals surface area (Å²) in [6.45, 7) is 3.01. The van der Waals surface area contributed by atoms with Gasteiger partial charge < -0.3 is 10.2 Å². The van der Waals surface area contributed by atoms with E-state index in [2.05, 4.69) is 21.2 Å². The Balaban J connectivity index is 1.78. The average Bonchev–Trinajstić information content (AvgIpc) is 3.09. The maximum absolute atomic E-state index is 12.3. The first-order chi connectivity index (χ1) is 11.6. The number of hydrogen-bond acceptors (Lipinski definition) is 4. The average molecular weight is 427 g/mol. The number of amides is 2. The van der Waals surface area contributed by atoms with Gasteiger partial charge in [0.25, 0.3) is 0 Å². The van der Waals surface area contributed by atoms with Gasteiger partial charge in [0.1, 0.15) is 0 Å². The summed E-state index contributed by atoms with van der Waals surface area (Å²) in [4.78, 5) is 28.0. The van der Waals surface area contributed by atoms with Crippen molar-refractivity contribution in [3.05, 3.63) is 51.1 Å². The summed E-state index contributed by atoms with van der Waals surface area (Å²) in [6.07, 6.45) is 0. The minimum Gasteiger partial charge on any atom is -0.350 e. The van der Waals surface area contributed by atoms with Crippen LogP contribution in [0.4, 0.5) is 0 Å². The summed E-state index contributed by atoms with van der Waals surface area (Å²) in [5.74, 6) is 0.155. The molecular weight excluding hydrogens is 408 g/mol. The van der Waals surface area contributed by atoms with E-state index < -0.39 is 0 Å². The number of halogens is 1. The fourth-order valence-corrected chi connectivity index (χ4v) is 4.05. The number of nitrogens with one attached hydrogen (secondary N) is 1. The number of benzene rings is 1. The van der Waals surface area contributed by atoms with Crippen LogP contribution in [0, 0.1) is 0 Å². The van der Waals surface area contributed by atoms with Crippen LogP contribution in [0.5, 0.6) is 0 Å². The molecule has 0 aliphatic heterocycles. The molecule has 0 bridgehead atoms. The second-order valence-corrected chi connectivity index (χ2v) is 8.01. The second kappa shape index (κ2) is 9.86. The number of hydrogen-bond donors (Lipinski definition) is 1. The number of thiophene rings is 1. The van der Waals surface area contributed by atoms with Crippen LogP contribution in [0.3, 0.4) is 0 Å². The van der Waals surface area contributed by atoms with Gasteiger partial charge in [-0.1, -0.05) is 28.1 Å². The fraction of sp³-hybridized carbons (Fsp3) is 0.294. The highest BCUT2D eigenvalue weighted by atomic mass is 79.9. The van der Waals surface area contributed by atoms with Crippen molar-refractivity contribution in [1.29, 1.82) is 0 Å². The molecule has 1 aromatic heterocycles. The van der Waals surface area contributed by atoms with Gasteiger partial charge in [0.15, 0.2) is 0 Å². The maximum Gasteiger partial charge on any atom is 0.239 e. The van der Waals surface area contributed by atoms with Crippen molar-refractivity contribution in [2.24, 2.45) is 0 Å². The van der Waals surface area contributed by atoms with Gasteiger partial charge in [-0.25, -0.2) is 0 Å². The van der Waals surface area contributed by atoms with Gasteiger partial charge in [-0.15, -0.1) is 23.1 Å². The zero-order chi connectivity index (χ0) is 17.4. The summed E-state index contributed by atoms with van der Waals surface area (Å²) >= 11 is 6.49. The summed E-state index contributed by atoms with van der Waals surface area (Å²) in [6, 6.07) is 11.7. The molecular formula is C17H19BrN2O2S2. The molecule has 0 atom stereocenters. The number of likely N-dealkylation sites (N-methyl/N-ethyl adjacent to an activating group) is 1. The smallest absolute Gasteiger partial charge is 0.239 e. The Kier molecular flexibility index (Phi) is 7.81. The molecule has 0 unspecified atom stereocenters. The van der Waals surface area contributed by atoms with Crippen molar-refractivity contribution < 1.29 is 9.59 Å². The highest BCUT2D eigenvalue weighted by Gasteiger charge is 2.15. The normalized spacial score (nSPS) is 10.4. The third-order valence-corrected chi connectivity index (χ3v) is 5.62. The van der Waals surface area contributed by atoms with Crippen LogP contribution in [0.25, 0.3) is 0 Å². The van der Waals surface area contributed by atoms with Gasteiger partial charge >= 0.3 is 0 Å². The molecule has 2 rings (SSSR count). The Hall–Kier alpha value is -1.31. The van der Waals surface area contributed by atoms with Crippen LogP contribution in [0.1, 0.15) is 11.8 Å². The molecule has 0 radical (unpaired) electrons. The number of carbonyl (C=O) groups is 2. The lowest BCUT2D eigenvalue weighted by Crippen LogP contribution is -2.41. The van der Waals surface area contributed by atoms with Gasteiger partial charge in [-0.05, 0) is 36.6 Å². The highest BCUT2D eigenvalue weighted by molar-refractivity contribution is 9.10. The molecule has 0 aliphatic carbocycles. The first-order valence-electron chi connectivity index (χ1n) is 7.53. The Morgan fingerprint density at radius 1 is 1.29 bits per heavy atom. The van der Waals surface area contributed by atoms with Crippen LogP contribution in [-0.2, 0) is 16.1 Å². The number of thioether (sulfide) groups is 1. The first kappa shape index (κ1) is 19.0. The monoisotopic (exact) mass is 426 g/mol. The van der Waals surface area contributed by atoms with Gasteiger partial charge in [0, 0.05) is 20.8 Å². The van der Waals surface area contributed by atoms with E-state index in [4.69, 9.17) is 0 Å². The third-order valence-electron chi connectivity index (χ3n) is 3.27. The number of nitrogens with zero attached hydrogens (tertiary/aromatic N) is 1. The second-order valence-electron chi connectivity index (χ2n) is 5.01. The molecule has 7 heteroatoms. The lowest BCUT2D eigenvalue weighted by atomic mass is 10.4. The Labute approximate surface area is 158 Å². The van der Waals surface area contributed by atoms with Crippen molar-refractivity contribution in [3.63, 3.8) is 0 Å². The molecule has 128 valence electrons. The lowest BCUT2D eigenvalue weighted by molar-refractivity contribution is -0.133. The molecule has 4 nitrogen and oxygen atoms in total. The van der Waals surface area contributed by atoms with Gasteiger partial charge in [-0.3, -0.25) is 9.59 Å². The van der Waals surface area contributed by atoms with E-state index in [9.17, 15) is 9.59 Å². The Morgan fingerprint density at radius 2 is 2.12 bits per heavy atom. The standard InChI is InChI=1S/C17H19BrN2O2S2/c1-2-20(11-16(21)19-10-15-7-4-8-23-15)17(22)12-24-14-6-3-5-13(18)9-14/h3-9H,2,10-12H2,1H3,(H,19,21). The molecule has 0 spiro atoms. The minimum atomic E-state index is -0.133. The van der Waals surface area contributed by atoms with Gasteiger partial charge in [0.05, 0.1) is 18.8 Å². The van der Waals surface area contributed by atoms with Crippen molar-refractivity contribution in [2.45, 2.75) is 18.4 Å². The zero-order valence-corrected chi connectivity index (χ0v) is 16.5. The van der Waals surface area contributed by atoms with E-state index in [-0.39, 0.29) is 18.4 Å². The largest absolute Gasteiger partial charge is 0.350 e. The van der Waals surface area contributed by atoms with Gasteiger partial charge in [-0.2, -0.15) is 0 Å². The first-order valence-corrected chi connectivity index (χ1v) is 10.2. The number of carbonyl (C=O) groups excluding carboxylic acids is 2. The van der Waals surface area contributed by atoms with Crippen molar-refractivity contribution >= 4 is 50.8 Å². The molecule has 2 aromatic rings. The van der Waals surface area contributed by atoms with Crippen LogP contribution in [0.2, 0.25) is 0 Å². The van der Waals surface area contributed by atoms with Crippen LogP contribution in [-0.4, -0.2) is 35.6 Å². The molecule has 1 heterocycles. The Bertz CT molecular complexity index is 677. The lowest BCUT2D eigenvalue weighted by Gasteiger charge is -2.20. The van der Waals surface area contributed by atoms with Gasteiger partial charge in [0.2, 0.25) is 11.8 Å². The molecule has 0 saturated heterocycles. The van der Waals surface area contributed by atoms with E-state index in [0.717, 1.165) is 14.2 Å². The van der Waals surface area contributed by atoms with E-state index in [1.807, 2.05) is 48.7 Å². The van der Waals surface area contributed by atoms with Crippen LogP contribution in [0.15, 0.2) is 51.1 Å². The summed E-state index contributed by atoms with van der Waals surface area (Å²) in [7, 11) is 0. The summed E-state index contributed by atoms with van der Waals surface area (Å²) in [5.41, 5.74) is 0. The predicted molar refractivity (Wildman–Crippen MR) is 103 cm³/mol. The zero-order valence-electron chi connectivity index (χ0n) is 13.3. The molecule has 1 N–H and O–H groups in total. The quantitative estimate of drug-likeness (QED) is 0.653. The van der Waals surface area contributed by atoms with Crippen molar-refractivity contribution in [2.75, 3.05) is 18.8 Å².